The summed E-state index contributed by atoms with van der Waals surface area (Å²) < 4.78 is 11.8. The first-order valence-electron chi connectivity index (χ1n) is 6.46. The number of rotatable bonds is 4. The van der Waals surface area contributed by atoms with E-state index in [1.54, 1.807) is 0 Å². The molecule has 3 saturated carbocycles. The van der Waals surface area contributed by atoms with E-state index in [4.69, 9.17) is 9.47 Å². The molecular weight excluding hydrogens is 308 g/mol. The van der Waals surface area contributed by atoms with Crippen molar-refractivity contribution in [1.29, 1.82) is 0 Å². The van der Waals surface area contributed by atoms with Crippen LogP contribution < -0.4 is 4.74 Å². The van der Waals surface area contributed by atoms with Gasteiger partial charge in [0, 0.05) is 9.89 Å². The van der Waals surface area contributed by atoms with Gasteiger partial charge in [0.05, 0.1) is 19.1 Å². The first-order valence-corrected chi connectivity index (χ1v) is 7.25. The van der Waals surface area contributed by atoms with E-state index >= 15 is 0 Å². The van der Waals surface area contributed by atoms with Crippen LogP contribution in [0, 0.1) is 17.8 Å². The van der Waals surface area contributed by atoms with E-state index in [-0.39, 0.29) is 16.8 Å². The second-order valence-corrected chi connectivity index (χ2v) is 6.92. The van der Waals surface area contributed by atoms with Gasteiger partial charge in [-0.2, -0.15) is 0 Å². The lowest BCUT2D eigenvalue weighted by molar-refractivity contribution is -0.233. The lowest BCUT2D eigenvalue weighted by atomic mass is 9.35. The predicted octanol–water partition coefficient (Wildman–Crippen LogP) is 3.48. The van der Waals surface area contributed by atoms with Crippen molar-refractivity contribution in [3.05, 3.63) is 28.2 Å². The molecule has 19 heavy (non-hydrogen) atoms. The van der Waals surface area contributed by atoms with Crippen molar-refractivity contribution in [2.45, 2.75) is 26.2 Å². The van der Waals surface area contributed by atoms with E-state index in [0.29, 0.717) is 6.61 Å². The van der Waals surface area contributed by atoms with Crippen molar-refractivity contribution in [1.82, 2.24) is 0 Å². The van der Waals surface area contributed by atoms with Crippen LogP contribution in [0.25, 0.3) is 0 Å². The first kappa shape index (κ1) is 13.0. The number of hydrogen-bond donors (Lipinski definition) is 0. The molecule has 3 fully saturated rings. The molecule has 102 valence electrons. The standard InChI is InChI=1S/C15H17BrO3/c1-10-5-11(16)3-4-12(10)19-9-14-6-15(7-14,8-14)13(17)18-2/h3-5H,6-9H2,1-2H3. The van der Waals surface area contributed by atoms with Gasteiger partial charge in [0.2, 0.25) is 0 Å². The topological polar surface area (TPSA) is 35.5 Å². The minimum Gasteiger partial charge on any atom is -0.493 e. The molecule has 2 bridgehead atoms. The molecule has 0 amide bonds. The Morgan fingerprint density at radius 1 is 1.37 bits per heavy atom. The van der Waals surface area contributed by atoms with Crippen LogP contribution in [0.3, 0.4) is 0 Å². The molecule has 1 aromatic rings. The van der Waals surface area contributed by atoms with E-state index in [2.05, 4.69) is 15.9 Å². The molecule has 0 aliphatic heterocycles. The largest absolute Gasteiger partial charge is 0.493 e. The van der Waals surface area contributed by atoms with Crippen molar-refractivity contribution in [3.63, 3.8) is 0 Å². The molecule has 3 aliphatic carbocycles. The highest BCUT2D eigenvalue weighted by molar-refractivity contribution is 9.10. The minimum atomic E-state index is -0.174. The normalized spacial score (nSPS) is 31.1. The van der Waals surface area contributed by atoms with E-state index < -0.39 is 0 Å². The lowest BCUT2D eigenvalue weighted by Gasteiger charge is -2.68. The third-order valence-corrected chi connectivity index (χ3v) is 4.92. The van der Waals surface area contributed by atoms with Crippen molar-refractivity contribution >= 4 is 21.9 Å². The number of halogens is 1. The van der Waals surface area contributed by atoms with Crippen molar-refractivity contribution in [3.8, 4) is 5.75 Å². The highest BCUT2D eigenvalue weighted by atomic mass is 79.9. The smallest absolute Gasteiger partial charge is 0.311 e. The Labute approximate surface area is 121 Å². The maximum Gasteiger partial charge on any atom is 0.311 e. The van der Waals surface area contributed by atoms with Gasteiger partial charge in [-0.1, -0.05) is 15.9 Å². The van der Waals surface area contributed by atoms with Crippen molar-refractivity contribution in [2.75, 3.05) is 13.7 Å². The molecule has 0 radical (unpaired) electrons. The van der Waals surface area contributed by atoms with Gasteiger partial charge in [-0.3, -0.25) is 4.79 Å². The third kappa shape index (κ3) is 1.97. The SMILES string of the molecule is COC(=O)C12CC(COc3ccc(Br)cc3C)(C1)C2. The Kier molecular flexibility index (Phi) is 2.89. The molecule has 0 aromatic heterocycles. The van der Waals surface area contributed by atoms with E-state index in [1.807, 2.05) is 25.1 Å². The van der Waals surface area contributed by atoms with Crippen LogP contribution in [0.4, 0.5) is 0 Å². The number of methoxy groups -OCH3 is 1. The quantitative estimate of drug-likeness (QED) is 0.795. The minimum absolute atomic E-state index is 0.0470. The van der Waals surface area contributed by atoms with Crippen LogP contribution in [-0.2, 0) is 9.53 Å². The lowest BCUT2D eigenvalue weighted by Crippen LogP contribution is -2.67. The van der Waals surface area contributed by atoms with Crippen molar-refractivity contribution in [2.24, 2.45) is 10.8 Å². The van der Waals surface area contributed by atoms with Gasteiger partial charge < -0.3 is 9.47 Å². The zero-order valence-corrected chi connectivity index (χ0v) is 12.7. The molecule has 3 nitrogen and oxygen atoms in total. The number of carbonyl (C=O) groups is 1. The van der Waals surface area contributed by atoms with Crippen LogP contribution in [0.1, 0.15) is 24.8 Å². The maximum absolute atomic E-state index is 11.6. The molecule has 0 heterocycles. The van der Waals surface area contributed by atoms with Crippen LogP contribution >= 0.6 is 15.9 Å². The number of aryl methyl sites for hydroxylation is 1. The Morgan fingerprint density at radius 2 is 2.05 bits per heavy atom. The Balaban J connectivity index is 1.57. The molecule has 1 aromatic carbocycles. The van der Waals surface area contributed by atoms with Crippen LogP contribution in [0.5, 0.6) is 5.75 Å². The molecule has 0 spiro atoms. The average Bonchev–Trinajstić information content (AvgIpc) is 2.27. The average molecular weight is 325 g/mol. The molecule has 0 atom stereocenters. The number of esters is 1. The summed E-state index contributed by atoms with van der Waals surface area (Å²) in [4.78, 5) is 11.6. The fraction of sp³-hybridized carbons (Fsp3) is 0.533. The zero-order valence-electron chi connectivity index (χ0n) is 11.2. The highest BCUT2D eigenvalue weighted by Gasteiger charge is 2.72. The Bertz CT molecular complexity index is 518. The Hall–Kier alpha value is -1.03. The molecular formula is C15H17BrO3. The van der Waals surface area contributed by atoms with Crippen molar-refractivity contribution < 1.29 is 14.3 Å². The summed E-state index contributed by atoms with van der Waals surface area (Å²) in [6.07, 6.45) is 2.76. The van der Waals surface area contributed by atoms with Crippen LogP contribution in [0.15, 0.2) is 22.7 Å². The van der Waals surface area contributed by atoms with Crippen LogP contribution in [-0.4, -0.2) is 19.7 Å². The summed E-state index contributed by atoms with van der Waals surface area (Å²) in [5, 5.41) is 0. The maximum atomic E-state index is 11.6. The zero-order chi connectivity index (χ0) is 13.7. The molecule has 0 unspecified atom stereocenters. The highest BCUT2D eigenvalue weighted by Crippen LogP contribution is 2.73. The summed E-state index contributed by atoms with van der Waals surface area (Å²) >= 11 is 3.44. The summed E-state index contributed by atoms with van der Waals surface area (Å²) in [6.45, 7) is 2.74. The van der Waals surface area contributed by atoms with E-state index in [9.17, 15) is 4.79 Å². The van der Waals surface area contributed by atoms with Gasteiger partial charge in [-0.15, -0.1) is 0 Å². The first-order chi connectivity index (χ1) is 8.99. The number of ether oxygens (including phenoxy) is 2. The summed E-state index contributed by atoms with van der Waals surface area (Å²) in [5.41, 5.74) is 1.17. The van der Waals surface area contributed by atoms with Gasteiger partial charge in [-0.05, 0) is 49.9 Å². The summed E-state index contributed by atoms with van der Waals surface area (Å²) in [5.74, 6) is 0.884. The molecule has 4 rings (SSSR count). The van der Waals surface area contributed by atoms with Gasteiger partial charge in [-0.25, -0.2) is 0 Å². The molecule has 3 aliphatic rings. The van der Waals surface area contributed by atoms with Gasteiger partial charge >= 0.3 is 5.97 Å². The van der Waals surface area contributed by atoms with Gasteiger partial charge in [0.15, 0.2) is 0 Å². The Morgan fingerprint density at radius 3 is 2.63 bits per heavy atom. The molecule has 0 saturated heterocycles. The van der Waals surface area contributed by atoms with Crippen LogP contribution in [0.2, 0.25) is 0 Å². The fourth-order valence-electron chi connectivity index (χ4n) is 3.59. The summed E-state index contributed by atoms with van der Waals surface area (Å²) in [7, 11) is 1.47. The van der Waals surface area contributed by atoms with Gasteiger partial charge in [0.1, 0.15) is 5.75 Å². The van der Waals surface area contributed by atoms with E-state index in [0.717, 1.165) is 35.0 Å². The second-order valence-electron chi connectivity index (χ2n) is 6.00. The van der Waals surface area contributed by atoms with E-state index in [1.165, 1.54) is 7.11 Å². The van der Waals surface area contributed by atoms with Gasteiger partial charge in [0.25, 0.3) is 0 Å². The fourth-order valence-corrected chi connectivity index (χ4v) is 4.07. The predicted molar refractivity (Wildman–Crippen MR) is 75.1 cm³/mol. The second kappa shape index (κ2) is 4.23. The molecule has 4 heteroatoms. The third-order valence-electron chi connectivity index (χ3n) is 4.43. The molecule has 0 N–H and O–H groups in total. The summed E-state index contributed by atoms with van der Waals surface area (Å²) in [6, 6.07) is 6.02. The monoisotopic (exact) mass is 324 g/mol. The number of benzene rings is 1. The number of carbonyl (C=O) groups excluding carboxylic acids is 1. The number of hydrogen-bond acceptors (Lipinski definition) is 3.